The van der Waals surface area contributed by atoms with Gasteiger partial charge in [-0.1, -0.05) is 20.8 Å². The van der Waals surface area contributed by atoms with Crippen LogP contribution in [0.15, 0.2) is 0 Å². The number of hydrogen-bond donors (Lipinski definition) is 1. The molecule has 2 unspecified atom stereocenters. The predicted molar refractivity (Wildman–Crippen MR) is 57.9 cm³/mol. The molecule has 0 radical (unpaired) electrons. The molecule has 0 amide bonds. The first-order valence-corrected chi connectivity index (χ1v) is 5.26. The molecule has 0 fully saturated rings. The number of methoxy groups -OCH3 is 1. The van der Waals surface area contributed by atoms with Crippen LogP contribution in [0, 0.1) is 11.8 Å². The Hall–Kier alpha value is 0.310. The van der Waals surface area contributed by atoms with Crippen LogP contribution in [0.1, 0.15) is 33.6 Å². The third kappa shape index (κ3) is 5.90. The number of hydrogen-bond acceptors (Lipinski definition) is 2. The van der Waals surface area contributed by atoms with E-state index in [1.54, 1.807) is 7.11 Å². The van der Waals surface area contributed by atoms with E-state index in [1.807, 2.05) is 0 Å². The summed E-state index contributed by atoms with van der Waals surface area (Å²) in [6.07, 6.45) is 2.42. The molecule has 0 saturated carbocycles. The van der Waals surface area contributed by atoms with Crippen LogP contribution in [0.5, 0.6) is 0 Å². The molecule has 2 heteroatoms. The number of rotatable bonds is 6. The quantitative estimate of drug-likeness (QED) is 0.633. The van der Waals surface area contributed by atoms with Gasteiger partial charge < -0.3 is 4.74 Å². The Bertz CT molecular complexity index is 104. The minimum Gasteiger partial charge on any atom is -0.384 e. The molecule has 0 spiro atoms. The Labute approximate surface area is 82.3 Å². The third-order valence-corrected chi connectivity index (χ3v) is 3.03. The van der Waals surface area contributed by atoms with E-state index >= 15 is 0 Å². The molecule has 0 aliphatic heterocycles. The van der Waals surface area contributed by atoms with Crippen molar-refractivity contribution in [3.8, 4) is 0 Å². The average Bonchev–Trinajstić information content (AvgIpc) is 2.00. The largest absolute Gasteiger partial charge is 0.384 e. The van der Waals surface area contributed by atoms with Gasteiger partial charge in [-0.25, -0.2) is 0 Å². The Morgan fingerprint density at radius 1 is 1.17 bits per heavy atom. The molecule has 0 aromatic carbocycles. The Balaban J connectivity index is 3.40. The van der Waals surface area contributed by atoms with E-state index in [0.717, 1.165) is 6.61 Å². The summed E-state index contributed by atoms with van der Waals surface area (Å²) in [4.78, 5) is 0. The maximum atomic E-state index is 5.07. The highest BCUT2D eigenvalue weighted by molar-refractivity contribution is 7.81. The summed E-state index contributed by atoms with van der Waals surface area (Å²) < 4.78 is 5.07. The first-order chi connectivity index (χ1) is 5.57. The molecule has 0 heterocycles. The monoisotopic (exact) mass is 190 g/mol. The molecule has 0 rings (SSSR count). The van der Waals surface area contributed by atoms with Crippen LogP contribution in [-0.4, -0.2) is 19.0 Å². The van der Waals surface area contributed by atoms with Crippen molar-refractivity contribution < 1.29 is 4.74 Å². The Morgan fingerprint density at radius 2 is 1.75 bits per heavy atom. The maximum absolute atomic E-state index is 5.07. The molecule has 1 nitrogen and oxygen atoms in total. The van der Waals surface area contributed by atoms with Gasteiger partial charge in [0.2, 0.25) is 0 Å². The zero-order valence-corrected chi connectivity index (χ0v) is 9.60. The minimum absolute atomic E-state index is 0.546. The van der Waals surface area contributed by atoms with Gasteiger partial charge >= 0.3 is 0 Å². The summed E-state index contributed by atoms with van der Waals surface area (Å²) in [5.74, 6) is 1.35. The van der Waals surface area contributed by atoms with Crippen molar-refractivity contribution in [2.45, 2.75) is 38.9 Å². The summed E-state index contributed by atoms with van der Waals surface area (Å²) in [7, 11) is 1.76. The molecule has 2 atom stereocenters. The molecular weight excluding hydrogens is 168 g/mol. The van der Waals surface area contributed by atoms with E-state index in [2.05, 4.69) is 33.4 Å². The molecule has 12 heavy (non-hydrogen) atoms. The normalized spacial score (nSPS) is 16.5. The zero-order valence-electron chi connectivity index (χ0n) is 8.71. The first-order valence-electron chi connectivity index (χ1n) is 4.75. The van der Waals surface area contributed by atoms with Crippen molar-refractivity contribution in [2.24, 2.45) is 11.8 Å². The fourth-order valence-corrected chi connectivity index (χ4v) is 1.31. The van der Waals surface area contributed by atoms with Crippen molar-refractivity contribution in [1.82, 2.24) is 0 Å². The van der Waals surface area contributed by atoms with Crippen molar-refractivity contribution in [3.05, 3.63) is 0 Å². The van der Waals surface area contributed by atoms with Gasteiger partial charge in [-0.3, -0.25) is 0 Å². The van der Waals surface area contributed by atoms with Crippen molar-refractivity contribution in [2.75, 3.05) is 13.7 Å². The van der Waals surface area contributed by atoms with Gasteiger partial charge in [0.25, 0.3) is 0 Å². The van der Waals surface area contributed by atoms with Gasteiger partial charge in [0.15, 0.2) is 0 Å². The average molecular weight is 190 g/mol. The highest BCUT2D eigenvalue weighted by Crippen LogP contribution is 2.18. The second-order valence-corrected chi connectivity index (χ2v) is 4.61. The van der Waals surface area contributed by atoms with Crippen LogP contribution in [0.4, 0.5) is 0 Å². The van der Waals surface area contributed by atoms with Crippen LogP contribution in [0.25, 0.3) is 0 Å². The summed E-state index contributed by atoms with van der Waals surface area (Å²) in [5, 5.41) is 0.546. The van der Waals surface area contributed by atoms with Crippen LogP contribution < -0.4 is 0 Å². The van der Waals surface area contributed by atoms with Gasteiger partial charge in [-0.15, -0.1) is 0 Å². The van der Waals surface area contributed by atoms with Gasteiger partial charge in [-0.2, -0.15) is 12.6 Å². The smallest absolute Gasteiger partial charge is 0.0487 e. The van der Waals surface area contributed by atoms with Crippen molar-refractivity contribution >= 4 is 12.6 Å². The van der Waals surface area contributed by atoms with Crippen LogP contribution in [-0.2, 0) is 4.74 Å². The molecule has 0 aromatic heterocycles. The molecule has 0 bridgehead atoms. The molecular formula is C10H22OS. The number of ether oxygens (including phenoxy) is 1. The van der Waals surface area contributed by atoms with Gasteiger partial charge in [0.1, 0.15) is 0 Å². The topological polar surface area (TPSA) is 9.23 Å². The fraction of sp³-hybridized carbons (Fsp3) is 1.00. The van der Waals surface area contributed by atoms with Gasteiger partial charge in [-0.05, 0) is 24.7 Å². The van der Waals surface area contributed by atoms with E-state index in [-0.39, 0.29) is 0 Å². The Morgan fingerprint density at radius 3 is 2.17 bits per heavy atom. The molecule has 74 valence electrons. The molecule has 0 aliphatic carbocycles. The summed E-state index contributed by atoms with van der Waals surface area (Å²) in [6, 6.07) is 0. The lowest BCUT2D eigenvalue weighted by molar-refractivity contribution is 0.154. The zero-order chi connectivity index (χ0) is 9.56. The van der Waals surface area contributed by atoms with E-state index in [1.165, 1.54) is 12.8 Å². The maximum Gasteiger partial charge on any atom is 0.0487 e. The Kier molecular flexibility index (Phi) is 6.96. The number of thiol groups is 1. The second kappa shape index (κ2) is 6.79. The van der Waals surface area contributed by atoms with Crippen molar-refractivity contribution in [1.29, 1.82) is 0 Å². The van der Waals surface area contributed by atoms with E-state index in [9.17, 15) is 0 Å². The van der Waals surface area contributed by atoms with E-state index < -0.39 is 0 Å². The molecule has 0 aromatic rings. The first kappa shape index (κ1) is 12.3. The molecule has 0 N–H and O–H groups in total. The summed E-state index contributed by atoms with van der Waals surface area (Å²) in [5.41, 5.74) is 0. The summed E-state index contributed by atoms with van der Waals surface area (Å²) >= 11 is 4.53. The van der Waals surface area contributed by atoms with E-state index in [4.69, 9.17) is 4.74 Å². The highest BCUT2D eigenvalue weighted by atomic mass is 32.1. The lowest BCUT2D eigenvalue weighted by atomic mass is 10.00. The predicted octanol–water partition coefficient (Wildman–Crippen LogP) is 3.00. The molecule has 0 saturated heterocycles. The molecule has 0 aliphatic rings. The summed E-state index contributed by atoms with van der Waals surface area (Å²) in [6.45, 7) is 7.54. The van der Waals surface area contributed by atoms with Crippen molar-refractivity contribution in [3.63, 3.8) is 0 Å². The van der Waals surface area contributed by atoms with Crippen LogP contribution in [0.3, 0.4) is 0 Å². The van der Waals surface area contributed by atoms with Crippen LogP contribution in [0.2, 0.25) is 0 Å². The third-order valence-electron chi connectivity index (χ3n) is 2.18. The standard InChI is InChI=1S/C10H22OS/c1-8(2)10(12)6-5-9(3)7-11-4/h8-10,12H,5-7H2,1-4H3. The SMILES string of the molecule is COCC(C)CCC(S)C(C)C. The van der Waals surface area contributed by atoms with Gasteiger partial charge in [0, 0.05) is 19.0 Å². The van der Waals surface area contributed by atoms with Gasteiger partial charge in [0.05, 0.1) is 0 Å². The fourth-order valence-electron chi connectivity index (χ4n) is 1.16. The second-order valence-electron chi connectivity index (χ2n) is 3.95. The minimum atomic E-state index is 0.546. The van der Waals surface area contributed by atoms with E-state index in [0.29, 0.717) is 17.1 Å². The lowest BCUT2D eigenvalue weighted by Gasteiger charge is -2.16. The lowest BCUT2D eigenvalue weighted by Crippen LogP contribution is -2.11. The van der Waals surface area contributed by atoms with Crippen LogP contribution >= 0.6 is 12.6 Å². The highest BCUT2D eigenvalue weighted by Gasteiger charge is 2.09.